The summed E-state index contributed by atoms with van der Waals surface area (Å²) in [5, 5.41) is 3.16. The number of anilines is 1. The molecule has 0 heterocycles. The summed E-state index contributed by atoms with van der Waals surface area (Å²) in [6.07, 6.45) is 2.19. The lowest BCUT2D eigenvalue weighted by molar-refractivity contribution is -0.137. The molecule has 0 aliphatic heterocycles. The first-order valence-corrected chi connectivity index (χ1v) is 5.82. The average molecular weight is 268 g/mol. The van der Waals surface area contributed by atoms with Gasteiger partial charge in [-0.25, -0.2) is 4.79 Å². The number of amides is 1. The number of hydrogen-bond acceptors (Lipinski definition) is 3. The Morgan fingerprint density at radius 3 is 2.72 bits per heavy atom. The normalized spacial score (nSPS) is 10.4. The van der Waals surface area contributed by atoms with Crippen molar-refractivity contribution < 1.29 is 14.3 Å². The number of hydrogen-bond donors (Lipinski definition) is 1. The van der Waals surface area contributed by atoms with Gasteiger partial charge in [0.25, 0.3) is 0 Å². The summed E-state index contributed by atoms with van der Waals surface area (Å²) in [7, 11) is 0. The Balaban J connectivity index is 2.59. The van der Waals surface area contributed by atoms with Gasteiger partial charge in [0.2, 0.25) is 5.91 Å². The molecule has 1 aromatic rings. The van der Waals surface area contributed by atoms with Gasteiger partial charge in [0.15, 0.2) is 0 Å². The molecular formula is C13H14ClNO3. The summed E-state index contributed by atoms with van der Waals surface area (Å²) in [4.78, 5) is 22.5. The number of carbonyl (C=O) groups excluding carboxylic acids is 2. The van der Waals surface area contributed by atoms with Crippen LogP contribution in [0.2, 0.25) is 5.02 Å². The van der Waals surface area contributed by atoms with Crippen molar-refractivity contribution in [2.75, 3.05) is 11.9 Å². The fourth-order valence-corrected chi connectivity index (χ4v) is 1.37. The van der Waals surface area contributed by atoms with Crippen LogP contribution in [0, 0.1) is 6.92 Å². The van der Waals surface area contributed by atoms with Gasteiger partial charge >= 0.3 is 5.97 Å². The number of carbonyl (C=O) groups is 2. The molecule has 0 saturated heterocycles. The molecule has 4 nitrogen and oxygen atoms in total. The molecule has 0 fully saturated rings. The van der Waals surface area contributed by atoms with Crippen LogP contribution in [-0.4, -0.2) is 18.5 Å². The van der Waals surface area contributed by atoms with E-state index in [2.05, 4.69) is 10.1 Å². The second-order valence-electron chi connectivity index (χ2n) is 3.54. The summed E-state index contributed by atoms with van der Waals surface area (Å²) in [5.41, 5.74) is 1.50. The van der Waals surface area contributed by atoms with Gasteiger partial charge in [-0.3, -0.25) is 4.79 Å². The van der Waals surface area contributed by atoms with Gasteiger partial charge in [-0.2, -0.15) is 0 Å². The first-order chi connectivity index (χ1) is 8.52. The average Bonchev–Trinajstić information content (AvgIpc) is 2.32. The summed E-state index contributed by atoms with van der Waals surface area (Å²) in [6.45, 7) is 3.84. The molecule has 0 bridgehead atoms. The molecule has 0 aliphatic rings. The van der Waals surface area contributed by atoms with Gasteiger partial charge in [-0.15, -0.1) is 0 Å². The number of halogens is 1. The van der Waals surface area contributed by atoms with E-state index in [0.29, 0.717) is 10.7 Å². The van der Waals surface area contributed by atoms with Crippen molar-refractivity contribution >= 4 is 29.2 Å². The summed E-state index contributed by atoms with van der Waals surface area (Å²) in [6, 6.07) is 5.18. The number of ether oxygens (including phenoxy) is 1. The Morgan fingerprint density at radius 1 is 1.39 bits per heavy atom. The monoisotopic (exact) mass is 267 g/mol. The number of benzene rings is 1. The molecule has 0 atom stereocenters. The van der Waals surface area contributed by atoms with E-state index in [4.69, 9.17) is 11.6 Å². The second-order valence-corrected chi connectivity index (χ2v) is 3.95. The SMILES string of the molecule is CCOC(=O)/C=C\C(=O)Nc1ccc(C)c(Cl)c1. The van der Waals surface area contributed by atoms with E-state index in [1.165, 1.54) is 0 Å². The van der Waals surface area contributed by atoms with E-state index in [9.17, 15) is 9.59 Å². The Hall–Kier alpha value is -1.81. The van der Waals surface area contributed by atoms with Crippen LogP contribution in [0.5, 0.6) is 0 Å². The van der Waals surface area contributed by atoms with Gasteiger partial charge in [-0.1, -0.05) is 17.7 Å². The van der Waals surface area contributed by atoms with Gasteiger partial charge < -0.3 is 10.1 Å². The molecule has 5 heteroatoms. The first kappa shape index (κ1) is 14.3. The predicted octanol–water partition coefficient (Wildman–Crippen LogP) is 2.71. The Kier molecular flexibility index (Phi) is 5.39. The Labute approximate surface area is 111 Å². The van der Waals surface area contributed by atoms with E-state index in [0.717, 1.165) is 17.7 Å². The smallest absolute Gasteiger partial charge is 0.330 e. The lowest BCUT2D eigenvalue weighted by Gasteiger charge is -2.04. The molecule has 0 unspecified atom stereocenters. The van der Waals surface area contributed by atoms with E-state index in [1.807, 2.05) is 6.92 Å². The van der Waals surface area contributed by atoms with Crippen LogP contribution in [0.3, 0.4) is 0 Å². The van der Waals surface area contributed by atoms with Gasteiger partial charge in [0, 0.05) is 22.9 Å². The van der Waals surface area contributed by atoms with Crippen molar-refractivity contribution in [1.29, 1.82) is 0 Å². The molecule has 1 aromatic carbocycles. The van der Waals surface area contributed by atoms with Crippen molar-refractivity contribution in [2.24, 2.45) is 0 Å². The zero-order valence-electron chi connectivity index (χ0n) is 10.2. The third-order valence-electron chi connectivity index (χ3n) is 2.10. The minimum Gasteiger partial charge on any atom is -0.463 e. The highest BCUT2D eigenvalue weighted by Crippen LogP contribution is 2.19. The van der Waals surface area contributed by atoms with Gasteiger partial charge in [0.1, 0.15) is 0 Å². The van der Waals surface area contributed by atoms with E-state index in [1.54, 1.807) is 25.1 Å². The molecule has 0 radical (unpaired) electrons. The number of rotatable bonds is 4. The van der Waals surface area contributed by atoms with Gasteiger partial charge in [0.05, 0.1) is 6.61 Å². The van der Waals surface area contributed by atoms with E-state index in [-0.39, 0.29) is 6.61 Å². The van der Waals surface area contributed by atoms with Crippen LogP contribution in [-0.2, 0) is 14.3 Å². The predicted molar refractivity (Wildman–Crippen MR) is 70.6 cm³/mol. The minimum absolute atomic E-state index is 0.276. The lowest BCUT2D eigenvalue weighted by Crippen LogP contribution is -2.09. The fraction of sp³-hybridized carbons (Fsp3) is 0.231. The highest BCUT2D eigenvalue weighted by Gasteiger charge is 2.02. The van der Waals surface area contributed by atoms with E-state index < -0.39 is 11.9 Å². The molecular weight excluding hydrogens is 254 g/mol. The molecule has 0 saturated carbocycles. The molecule has 96 valence electrons. The molecule has 0 aliphatic carbocycles. The van der Waals surface area contributed by atoms with Crippen LogP contribution in [0.25, 0.3) is 0 Å². The van der Waals surface area contributed by atoms with Crippen molar-refractivity contribution in [3.05, 3.63) is 40.9 Å². The number of aryl methyl sites for hydroxylation is 1. The lowest BCUT2D eigenvalue weighted by atomic mass is 10.2. The molecule has 1 amide bonds. The third kappa shape index (κ3) is 4.59. The summed E-state index contributed by atoms with van der Waals surface area (Å²) in [5.74, 6) is -0.961. The maximum absolute atomic E-state index is 11.5. The highest BCUT2D eigenvalue weighted by atomic mass is 35.5. The van der Waals surface area contributed by atoms with Crippen LogP contribution in [0.1, 0.15) is 12.5 Å². The van der Waals surface area contributed by atoms with Crippen LogP contribution in [0.15, 0.2) is 30.4 Å². The van der Waals surface area contributed by atoms with Crippen LogP contribution < -0.4 is 5.32 Å². The topological polar surface area (TPSA) is 55.4 Å². The van der Waals surface area contributed by atoms with Crippen LogP contribution >= 0.6 is 11.6 Å². The second kappa shape index (κ2) is 6.81. The van der Waals surface area contributed by atoms with Gasteiger partial charge in [-0.05, 0) is 31.5 Å². The molecule has 0 aromatic heterocycles. The Morgan fingerprint density at radius 2 is 2.11 bits per heavy atom. The fourth-order valence-electron chi connectivity index (χ4n) is 1.19. The van der Waals surface area contributed by atoms with Crippen molar-refractivity contribution in [1.82, 2.24) is 0 Å². The first-order valence-electron chi connectivity index (χ1n) is 5.45. The summed E-state index contributed by atoms with van der Waals surface area (Å²) < 4.78 is 4.65. The highest BCUT2D eigenvalue weighted by molar-refractivity contribution is 6.31. The zero-order chi connectivity index (χ0) is 13.5. The third-order valence-corrected chi connectivity index (χ3v) is 2.50. The largest absolute Gasteiger partial charge is 0.463 e. The van der Waals surface area contributed by atoms with Crippen molar-refractivity contribution in [3.63, 3.8) is 0 Å². The Bertz CT molecular complexity index is 483. The van der Waals surface area contributed by atoms with Crippen LogP contribution in [0.4, 0.5) is 5.69 Å². The standard InChI is InChI=1S/C13H14ClNO3/c1-3-18-13(17)7-6-12(16)15-10-5-4-9(2)11(14)8-10/h4-8H,3H2,1-2H3,(H,15,16)/b7-6-. The number of nitrogens with one attached hydrogen (secondary N) is 1. The zero-order valence-corrected chi connectivity index (χ0v) is 11.0. The number of esters is 1. The maximum Gasteiger partial charge on any atom is 0.330 e. The van der Waals surface area contributed by atoms with Crippen molar-refractivity contribution in [3.8, 4) is 0 Å². The maximum atomic E-state index is 11.5. The molecule has 1 N–H and O–H groups in total. The minimum atomic E-state index is -0.547. The quantitative estimate of drug-likeness (QED) is 0.674. The molecule has 0 spiro atoms. The molecule has 18 heavy (non-hydrogen) atoms. The summed E-state index contributed by atoms with van der Waals surface area (Å²) >= 11 is 5.92. The van der Waals surface area contributed by atoms with Crippen molar-refractivity contribution in [2.45, 2.75) is 13.8 Å². The van der Waals surface area contributed by atoms with E-state index >= 15 is 0 Å². The molecule has 1 rings (SSSR count).